The number of aliphatic hydroxyl groups is 2. The minimum absolute atomic E-state index is 0.111. The van der Waals surface area contributed by atoms with Crippen molar-refractivity contribution in [3.05, 3.63) is 58.6 Å². The van der Waals surface area contributed by atoms with Crippen LogP contribution in [0.5, 0.6) is 0 Å². The van der Waals surface area contributed by atoms with E-state index in [0.29, 0.717) is 0 Å². The highest BCUT2D eigenvalue weighted by Gasteiger charge is 2.44. The van der Waals surface area contributed by atoms with Crippen LogP contribution in [0.1, 0.15) is 16.6 Å². The molecule has 1 saturated heterocycles. The first-order valence-corrected chi connectivity index (χ1v) is 13.2. The molecule has 5 N–H and O–H groups in total. The van der Waals surface area contributed by atoms with Crippen molar-refractivity contribution in [1.82, 2.24) is 14.9 Å². The number of nitrogen functional groups attached to an aromatic ring is 1. The number of aliphatic hydroxyl groups excluding tert-OH is 2. The van der Waals surface area contributed by atoms with Crippen molar-refractivity contribution >= 4 is 27.1 Å². The van der Waals surface area contributed by atoms with E-state index in [1.807, 2.05) is 0 Å². The number of hydrogen-bond acceptors (Lipinski definition) is 14. The van der Waals surface area contributed by atoms with E-state index in [1.165, 1.54) is 30.3 Å². The van der Waals surface area contributed by atoms with Crippen LogP contribution in [0.25, 0.3) is 0 Å². The largest absolute Gasteiger partial charge is 0.809 e. The number of amides is 1. The van der Waals surface area contributed by atoms with Gasteiger partial charge in [0.25, 0.3) is 13.7 Å². The van der Waals surface area contributed by atoms with Crippen LogP contribution in [0.4, 0.5) is 5.82 Å². The Labute approximate surface area is 203 Å². The van der Waals surface area contributed by atoms with Gasteiger partial charge in [-0.15, -0.1) is 0 Å². The number of carbonyl (C=O) groups excluding carboxylic acids is 1. The maximum Gasteiger partial charge on any atom is 0.351 e. The van der Waals surface area contributed by atoms with Crippen LogP contribution in [0, 0.1) is 0 Å². The molecule has 1 fully saturated rings. The lowest BCUT2D eigenvalue weighted by Crippen LogP contribution is -2.39. The van der Waals surface area contributed by atoms with Gasteiger partial charge >= 0.3 is 5.69 Å². The monoisotopic (exact) mass is 547 g/mol. The molecule has 1 aromatic carbocycles. The standard InChI is InChI=1S/C18H24N4O12P2/c19-12-6-7-22(18(26)21-12)17-15(24)14(23)11(33-17)9-32-36(30,31)34-13(35(27,28)29)8-20-16(25)10-4-2-1-3-5-10/h1-7,11,13-15,17,23-24H,8-9H2,(H,20,25)(H,30,31)(H2,19,21,26)(H2,27,28,29)/p-3/t11-,13?,14-,15-,17-/m1/s1. The van der Waals surface area contributed by atoms with Crippen LogP contribution in [-0.4, -0.2) is 63.0 Å². The minimum Gasteiger partial charge on any atom is -0.809 e. The maximum atomic E-state index is 12.2. The Morgan fingerprint density at radius 3 is 2.47 bits per heavy atom. The number of ether oxygens (including phenoxy) is 1. The predicted molar refractivity (Wildman–Crippen MR) is 114 cm³/mol. The van der Waals surface area contributed by atoms with Gasteiger partial charge in [-0.2, -0.15) is 4.98 Å². The highest BCUT2D eigenvalue weighted by Crippen LogP contribution is 2.47. The molecule has 1 amide bonds. The number of carbonyl (C=O) groups is 1. The number of anilines is 1. The van der Waals surface area contributed by atoms with Crippen LogP contribution in [0.15, 0.2) is 47.4 Å². The molecule has 16 nitrogen and oxygen atoms in total. The average Bonchev–Trinajstić information content (AvgIpc) is 3.08. The Balaban J connectivity index is 1.62. The van der Waals surface area contributed by atoms with Crippen LogP contribution in [0.2, 0.25) is 0 Å². The van der Waals surface area contributed by atoms with Crippen LogP contribution < -0.4 is 31.4 Å². The Hall–Kier alpha value is -2.49. The van der Waals surface area contributed by atoms with E-state index < -0.39 is 70.6 Å². The molecular weight excluding hydrogens is 526 g/mol. The molecule has 0 radical (unpaired) electrons. The Bertz CT molecular complexity index is 1220. The van der Waals surface area contributed by atoms with Gasteiger partial charge in [0.2, 0.25) is 0 Å². The van der Waals surface area contributed by atoms with Gasteiger partial charge in [0.15, 0.2) is 6.23 Å². The summed E-state index contributed by atoms with van der Waals surface area (Å²) < 4.78 is 38.7. The molecule has 2 aromatic rings. The summed E-state index contributed by atoms with van der Waals surface area (Å²) in [6.45, 7) is -2.00. The van der Waals surface area contributed by atoms with Gasteiger partial charge in [0.05, 0.1) is 6.61 Å². The molecule has 0 saturated carbocycles. The molecule has 2 heterocycles. The Morgan fingerprint density at radius 2 is 1.86 bits per heavy atom. The summed E-state index contributed by atoms with van der Waals surface area (Å²) in [5, 5.41) is 22.4. The molecule has 0 bridgehead atoms. The van der Waals surface area contributed by atoms with Gasteiger partial charge in [0, 0.05) is 18.3 Å². The van der Waals surface area contributed by atoms with E-state index in [0.717, 1.165) is 10.8 Å². The molecule has 1 aromatic heterocycles. The van der Waals surface area contributed by atoms with E-state index in [-0.39, 0.29) is 11.4 Å². The second kappa shape index (κ2) is 11.3. The number of aromatic nitrogens is 2. The van der Waals surface area contributed by atoms with E-state index >= 15 is 0 Å². The lowest BCUT2D eigenvalue weighted by Gasteiger charge is -2.40. The fourth-order valence-electron chi connectivity index (χ4n) is 3.14. The highest BCUT2D eigenvalue weighted by atomic mass is 31.2. The van der Waals surface area contributed by atoms with Gasteiger partial charge in [-0.1, -0.05) is 18.2 Å². The fourth-order valence-corrected chi connectivity index (χ4v) is 5.02. The first-order valence-electron chi connectivity index (χ1n) is 10.1. The summed E-state index contributed by atoms with van der Waals surface area (Å²) in [6, 6.07) is 8.67. The molecule has 6 atom stereocenters. The van der Waals surface area contributed by atoms with E-state index in [9.17, 15) is 43.6 Å². The molecule has 36 heavy (non-hydrogen) atoms. The van der Waals surface area contributed by atoms with Gasteiger partial charge in [-0.05, 0) is 25.8 Å². The summed E-state index contributed by atoms with van der Waals surface area (Å²) in [5.41, 5.74) is 4.57. The second-order valence-electron chi connectivity index (χ2n) is 7.51. The molecule has 3 rings (SSSR count). The third kappa shape index (κ3) is 7.05. The topological polar surface area (TPSA) is 261 Å². The van der Waals surface area contributed by atoms with Crippen LogP contribution >= 0.6 is 15.4 Å². The van der Waals surface area contributed by atoms with Crippen molar-refractivity contribution in [3.63, 3.8) is 0 Å². The first kappa shape index (κ1) is 28.1. The summed E-state index contributed by atoms with van der Waals surface area (Å²) >= 11 is 0. The number of phosphoric ester groups is 1. The quantitative estimate of drug-likeness (QED) is 0.212. The maximum absolute atomic E-state index is 12.2. The SMILES string of the molecule is Nc1ccn([C@@H]2O[C@H](COP(=O)([O-])OC(CNC(=O)c3ccccc3)P(=O)([O-])[O-])[C@@H](O)[C@H]2O)c(=O)n1. The average molecular weight is 547 g/mol. The summed E-state index contributed by atoms with van der Waals surface area (Å²) in [6.07, 6.45) is -5.33. The smallest absolute Gasteiger partial charge is 0.351 e. The van der Waals surface area contributed by atoms with Crippen molar-refractivity contribution < 1.29 is 52.6 Å². The minimum atomic E-state index is -5.72. The van der Waals surface area contributed by atoms with Crippen molar-refractivity contribution in [3.8, 4) is 0 Å². The number of rotatable bonds is 10. The number of hydrogen-bond donors (Lipinski definition) is 4. The third-order valence-electron chi connectivity index (χ3n) is 4.94. The molecule has 198 valence electrons. The molecule has 1 aliphatic heterocycles. The van der Waals surface area contributed by atoms with E-state index in [1.54, 1.807) is 6.07 Å². The van der Waals surface area contributed by atoms with Crippen molar-refractivity contribution in [1.29, 1.82) is 0 Å². The fraction of sp³-hybridized carbons (Fsp3) is 0.389. The number of benzene rings is 1. The first-order chi connectivity index (χ1) is 16.8. The summed E-state index contributed by atoms with van der Waals surface area (Å²) in [5.74, 6) is -3.45. The highest BCUT2D eigenvalue weighted by molar-refractivity contribution is 7.51. The lowest BCUT2D eigenvalue weighted by molar-refractivity contribution is -0.324. The molecule has 0 aliphatic carbocycles. The summed E-state index contributed by atoms with van der Waals surface area (Å²) in [4.78, 5) is 62.6. The van der Waals surface area contributed by atoms with Gasteiger partial charge in [-0.3, -0.25) is 13.9 Å². The zero-order valence-corrected chi connectivity index (χ0v) is 20.0. The number of nitrogens with zero attached hydrogens (tertiary/aromatic N) is 2. The van der Waals surface area contributed by atoms with E-state index in [4.69, 9.17) is 10.5 Å². The van der Waals surface area contributed by atoms with Crippen LogP contribution in [0.3, 0.4) is 0 Å². The lowest BCUT2D eigenvalue weighted by atomic mass is 10.1. The van der Waals surface area contributed by atoms with E-state index in [2.05, 4.69) is 19.3 Å². The third-order valence-corrected chi connectivity index (χ3v) is 7.07. The molecule has 1 aliphatic rings. The van der Waals surface area contributed by atoms with Crippen molar-refractivity contribution in [2.75, 3.05) is 18.9 Å². The molecule has 0 spiro atoms. The molecule has 18 heteroatoms. The summed E-state index contributed by atoms with van der Waals surface area (Å²) in [7, 11) is -11.2. The van der Waals surface area contributed by atoms with Crippen molar-refractivity contribution in [2.45, 2.75) is 30.4 Å². The zero-order chi connectivity index (χ0) is 26.7. The van der Waals surface area contributed by atoms with Gasteiger partial charge in [-0.25, -0.2) is 4.79 Å². The Kier molecular flexibility index (Phi) is 8.80. The normalized spacial score (nSPS) is 24.7. The zero-order valence-electron chi connectivity index (χ0n) is 18.2. The van der Waals surface area contributed by atoms with Crippen molar-refractivity contribution in [2.24, 2.45) is 0 Å². The predicted octanol–water partition coefficient (Wildman–Crippen LogP) is -3.38. The number of nitrogens with two attached hydrogens (primary N) is 1. The molecule has 2 unspecified atom stereocenters. The Morgan fingerprint density at radius 1 is 1.19 bits per heavy atom. The van der Waals surface area contributed by atoms with Gasteiger partial charge < -0.3 is 54.3 Å². The molecular formula is C18H21N4O12P2-3. The second-order valence-corrected chi connectivity index (χ2v) is 10.5. The van der Waals surface area contributed by atoms with Crippen LogP contribution in [-0.2, 0) is 22.9 Å². The number of nitrogens with one attached hydrogen (secondary N) is 1. The van der Waals surface area contributed by atoms with Gasteiger partial charge in [0.1, 0.15) is 30.0 Å². The number of phosphoric acid groups is 1.